The third-order valence-corrected chi connectivity index (χ3v) is 4.81. The van der Waals surface area contributed by atoms with Crippen molar-refractivity contribution >= 4 is 34.9 Å². The Labute approximate surface area is 167 Å². The van der Waals surface area contributed by atoms with Gasteiger partial charge in [0.1, 0.15) is 11.5 Å². The lowest BCUT2D eigenvalue weighted by molar-refractivity contribution is 0.122. The van der Waals surface area contributed by atoms with E-state index >= 15 is 0 Å². The van der Waals surface area contributed by atoms with E-state index in [1.165, 1.54) is 0 Å². The first-order valence-electron chi connectivity index (χ1n) is 9.36. The van der Waals surface area contributed by atoms with Crippen LogP contribution in [0, 0.1) is 0 Å². The van der Waals surface area contributed by atoms with Crippen LogP contribution in [0.25, 0.3) is 11.3 Å². The molecule has 9 nitrogen and oxygen atoms in total. The summed E-state index contributed by atoms with van der Waals surface area (Å²) in [6.07, 6.45) is 3.36. The highest BCUT2D eigenvalue weighted by Crippen LogP contribution is 2.35. The van der Waals surface area contributed by atoms with E-state index in [0.29, 0.717) is 23.0 Å². The van der Waals surface area contributed by atoms with Gasteiger partial charge < -0.3 is 25.6 Å². The number of carbonyl (C=O) groups is 1. The van der Waals surface area contributed by atoms with Crippen molar-refractivity contribution in [3.8, 4) is 11.3 Å². The molecule has 5 rings (SSSR count). The molecule has 2 aliphatic rings. The number of urea groups is 1. The number of rotatable bonds is 3. The number of benzene rings is 1. The molecule has 0 unspecified atom stereocenters. The zero-order valence-corrected chi connectivity index (χ0v) is 15.6. The Balaban J connectivity index is 1.41. The van der Waals surface area contributed by atoms with Crippen LogP contribution in [0.4, 0.5) is 33.6 Å². The fourth-order valence-electron chi connectivity index (χ4n) is 3.38. The number of nitrogens with zero attached hydrogens (tertiary/aromatic N) is 4. The maximum Gasteiger partial charge on any atom is 0.323 e. The zero-order chi connectivity index (χ0) is 19.6. The molecule has 0 radical (unpaired) electrons. The van der Waals surface area contributed by atoms with Crippen molar-refractivity contribution in [2.75, 3.05) is 47.2 Å². The number of para-hydroxylation sites is 1. The molecule has 29 heavy (non-hydrogen) atoms. The van der Waals surface area contributed by atoms with Gasteiger partial charge in [0.15, 0.2) is 0 Å². The summed E-state index contributed by atoms with van der Waals surface area (Å²) in [7, 11) is 0. The number of amides is 2. The minimum Gasteiger partial charge on any atom is -0.378 e. The maximum atomic E-state index is 12.0. The van der Waals surface area contributed by atoms with E-state index in [0.717, 1.165) is 43.4 Å². The van der Waals surface area contributed by atoms with Crippen molar-refractivity contribution in [3.05, 3.63) is 48.8 Å². The number of ether oxygens (including phenoxy) is 1. The van der Waals surface area contributed by atoms with Crippen LogP contribution in [0.2, 0.25) is 0 Å². The molecule has 0 atom stereocenters. The SMILES string of the molecule is O=C1Nc2ccccc2-c2nc(Nc3ccc(N4CCOCC4)nc3)ncc2N1. The van der Waals surface area contributed by atoms with Crippen LogP contribution in [0.15, 0.2) is 48.8 Å². The van der Waals surface area contributed by atoms with Crippen LogP contribution < -0.4 is 20.9 Å². The first kappa shape index (κ1) is 17.4. The van der Waals surface area contributed by atoms with E-state index < -0.39 is 0 Å². The van der Waals surface area contributed by atoms with E-state index in [1.54, 1.807) is 12.4 Å². The molecule has 2 amide bonds. The molecule has 0 saturated carbocycles. The van der Waals surface area contributed by atoms with E-state index in [4.69, 9.17) is 4.74 Å². The van der Waals surface area contributed by atoms with Crippen molar-refractivity contribution in [1.29, 1.82) is 0 Å². The summed E-state index contributed by atoms with van der Waals surface area (Å²) in [5, 5.41) is 8.77. The summed E-state index contributed by atoms with van der Waals surface area (Å²) in [6.45, 7) is 3.12. The summed E-state index contributed by atoms with van der Waals surface area (Å²) in [4.78, 5) is 27.7. The van der Waals surface area contributed by atoms with Crippen LogP contribution in [-0.2, 0) is 4.74 Å². The fourth-order valence-corrected chi connectivity index (χ4v) is 3.38. The number of nitrogens with one attached hydrogen (secondary N) is 3. The van der Waals surface area contributed by atoms with Gasteiger partial charge in [-0.25, -0.2) is 19.7 Å². The molecule has 3 N–H and O–H groups in total. The van der Waals surface area contributed by atoms with Crippen molar-refractivity contribution in [1.82, 2.24) is 15.0 Å². The first-order chi connectivity index (χ1) is 14.3. The molecule has 1 fully saturated rings. The highest BCUT2D eigenvalue weighted by molar-refractivity contribution is 6.07. The molecule has 0 bridgehead atoms. The summed E-state index contributed by atoms with van der Waals surface area (Å²) >= 11 is 0. The number of carbonyl (C=O) groups excluding carboxylic acids is 1. The highest BCUT2D eigenvalue weighted by Gasteiger charge is 2.20. The lowest BCUT2D eigenvalue weighted by Crippen LogP contribution is -2.36. The average molecular weight is 389 g/mol. The highest BCUT2D eigenvalue weighted by atomic mass is 16.5. The number of morpholine rings is 1. The molecule has 2 aliphatic heterocycles. The van der Waals surface area contributed by atoms with Gasteiger partial charge in [-0.15, -0.1) is 0 Å². The van der Waals surface area contributed by atoms with Crippen LogP contribution in [-0.4, -0.2) is 47.3 Å². The third kappa shape index (κ3) is 3.55. The molecule has 0 spiro atoms. The molecule has 0 aliphatic carbocycles. The summed E-state index contributed by atoms with van der Waals surface area (Å²) in [6, 6.07) is 11.1. The number of aromatic nitrogens is 3. The van der Waals surface area contributed by atoms with Crippen LogP contribution in [0.5, 0.6) is 0 Å². The second kappa shape index (κ2) is 7.36. The Bertz CT molecular complexity index is 1050. The van der Waals surface area contributed by atoms with Gasteiger partial charge in [0.25, 0.3) is 0 Å². The molecule has 9 heteroatoms. The zero-order valence-electron chi connectivity index (χ0n) is 15.6. The second-order valence-corrected chi connectivity index (χ2v) is 6.71. The molecule has 2 aromatic heterocycles. The number of fused-ring (bicyclic) bond motifs is 3. The minimum absolute atomic E-state index is 0.316. The van der Waals surface area contributed by atoms with Gasteiger partial charge >= 0.3 is 6.03 Å². The Morgan fingerprint density at radius 2 is 1.79 bits per heavy atom. The topological polar surface area (TPSA) is 104 Å². The van der Waals surface area contributed by atoms with Crippen molar-refractivity contribution in [2.45, 2.75) is 0 Å². The predicted octanol–water partition coefficient (Wildman–Crippen LogP) is 3.08. The van der Waals surface area contributed by atoms with Crippen molar-refractivity contribution in [3.63, 3.8) is 0 Å². The van der Waals surface area contributed by atoms with Crippen LogP contribution in [0.3, 0.4) is 0 Å². The lowest BCUT2D eigenvalue weighted by atomic mass is 10.1. The molecule has 4 heterocycles. The number of anilines is 5. The number of pyridine rings is 1. The standard InChI is InChI=1S/C20H19N7O2/c28-20-24-15-4-2-1-3-14(15)18-16(25-20)12-22-19(26-18)23-13-5-6-17(21-11-13)27-7-9-29-10-8-27/h1-6,11-12H,7-10H2,(H,22,23,26)(H2,24,25,28). The normalized spacial score (nSPS) is 15.4. The van der Waals surface area contributed by atoms with Crippen LogP contribution >= 0.6 is 0 Å². The molecule has 1 aromatic carbocycles. The quantitative estimate of drug-likeness (QED) is 0.632. The van der Waals surface area contributed by atoms with Gasteiger partial charge in [0.05, 0.1) is 42.7 Å². The smallest absolute Gasteiger partial charge is 0.323 e. The van der Waals surface area contributed by atoms with Gasteiger partial charge in [-0.1, -0.05) is 18.2 Å². The minimum atomic E-state index is -0.316. The number of hydrogen-bond acceptors (Lipinski definition) is 7. The Hall–Kier alpha value is -3.72. The monoisotopic (exact) mass is 389 g/mol. The Kier molecular flexibility index (Phi) is 4.41. The molecule has 3 aromatic rings. The third-order valence-electron chi connectivity index (χ3n) is 4.81. The fraction of sp³-hybridized carbons (Fsp3) is 0.200. The lowest BCUT2D eigenvalue weighted by Gasteiger charge is -2.27. The van der Waals surface area contributed by atoms with Crippen molar-refractivity contribution < 1.29 is 9.53 Å². The van der Waals surface area contributed by atoms with Gasteiger partial charge in [0.2, 0.25) is 5.95 Å². The summed E-state index contributed by atoms with van der Waals surface area (Å²) in [5.74, 6) is 1.35. The first-order valence-corrected chi connectivity index (χ1v) is 9.36. The van der Waals surface area contributed by atoms with Crippen LogP contribution in [0.1, 0.15) is 0 Å². The van der Waals surface area contributed by atoms with E-state index in [1.807, 2.05) is 36.4 Å². The van der Waals surface area contributed by atoms with E-state index in [2.05, 4.69) is 35.8 Å². The number of hydrogen-bond donors (Lipinski definition) is 3. The summed E-state index contributed by atoms with van der Waals surface area (Å²) < 4.78 is 5.38. The second-order valence-electron chi connectivity index (χ2n) is 6.71. The van der Waals surface area contributed by atoms with Gasteiger partial charge in [-0.2, -0.15) is 0 Å². The van der Waals surface area contributed by atoms with E-state index in [9.17, 15) is 4.79 Å². The van der Waals surface area contributed by atoms with Gasteiger partial charge in [-0.05, 0) is 18.2 Å². The molecular weight excluding hydrogens is 370 g/mol. The van der Waals surface area contributed by atoms with Gasteiger partial charge in [0, 0.05) is 18.7 Å². The maximum absolute atomic E-state index is 12.0. The van der Waals surface area contributed by atoms with E-state index in [-0.39, 0.29) is 6.03 Å². The Morgan fingerprint density at radius 1 is 0.966 bits per heavy atom. The average Bonchev–Trinajstić information content (AvgIpc) is 2.90. The molecule has 146 valence electrons. The van der Waals surface area contributed by atoms with Crippen molar-refractivity contribution in [2.24, 2.45) is 0 Å². The largest absolute Gasteiger partial charge is 0.378 e. The summed E-state index contributed by atoms with van der Waals surface area (Å²) in [5.41, 5.74) is 3.51. The Morgan fingerprint density at radius 3 is 2.62 bits per heavy atom. The molecular formula is C20H19N7O2. The van der Waals surface area contributed by atoms with Gasteiger partial charge in [-0.3, -0.25) is 0 Å². The predicted molar refractivity (Wildman–Crippen MR) is 111 cm³/mol. The molecule has 1 saturated heterocycles.